The molecule has 0 spiro atoms. The standard InChI is InChI=1S/C12H16Cl2FNO/c1-17-7-6-16(5-4-13)9-10-2-3-11(15)8-12(10)14/h2-3,8H,4-7,9H2,1H3. The number of alkyl halides is 1. The first-order valence-corrected chi connectivity index (χ1v) is 6.29. The van der Waals surface area contributed by atoms with E-state index in [1.807, 2.05) is 0 Å². The summed E-state index contributed by atoms with van der Waals surface area (Å²) in [6.07, 6.45) is 0. The SMILES string of the molecule is COCCN(CCCl)Cc1ccc(F)cc1Cl. The Morgan fingerprint density at radius 1 is 1.35 bits per heavy atom. The van der Waals surface area contributed by atoms with Crippen LogP contribution in [0.2, 0.25) is 5.02 Å². The molecule has 0 aliphatic heterocycles. The number of nitrogens with zero attached hydrogens (tertiary/aromatic N) is 1. The van der Waals surface area contributed by atoms with E-state index in [1.165, 1.54) is 12.1 Å². The summed E-state index contributed by atoms with van der Waals surface area (Å²) in [5.74, 6) is 0.224. The number of methoxy groups -OCH3 is 1. The fraction of sp³-hybridized carbons (Fsp3) is 0.500. The van der Waals surface area contributed by atoms with E-state index in [0.29, 0.717) is 24.1 Å². The second-order valence-corrected chi connectivity index (χ2v) is 4.48. The molecule has 0 bridgehead atoms. The van der Waals surface area contributed by atoms with E-state index in [0.717, 1.165) is 18.7 Å². The van der Waals surface area contributed by atoms with E-state index < -0.39 is 0 Å². The van der Waals surface area contributed by atoms with Crippen LogP contribution in [0.1, 0.15) is 5.56 Å². The van der Waals surface area contributed by atoms with Crippen molar-refractivity contribution in [3.05, 3.63) is 34.6 Å². The van der Waals surface area contributed by atoms with E-state index in [9.17, 15) is 4.39 Å². The fourth-order valence-corrected chi connectivity index (χ4v) is 1.97. The predicted octanol–water partition coefficient (Wildman–Crippen LogP) is 3.17. The second-order valence-electron chi connectivity index (χ2n) is 3.69. The van der Waals surface area contributed by atoms with Crippen LogP contribution in [-0.4, -0.2) is 37.6 Å². The maximum atomic E-state index is 12.9. The Hall–Kier alpha value is -0.350. The Kier molecular flexibility index (Phi) is 6.82. The molecule has 0 unspecified atom stereocenters. The van der Waals surface area contributed by atoms with Gasteiger partial charge in [-0.1, -0.05) is 17.7 Å². The van der Waals surface area contributed by atoms with Gasteiger partial charge in [0.25, 0.3) is 0 Å². The molecule has 0 N–H and O–H groups in total. The summed E-state index contributed by atoms with van der Waals surface area (Å²) in [7, 11) is 1.66. The molecular formula is C12H16Cl2FNO. The van der Waals surface area contributed by atoms with E-state index in [4.69, 9.17) is 27.9 Å². The molecule has 0 heterocycles. The zero-order valence-corrected chi connectivity index (χ0v) is 11.3. The summed E-state index contributed by atoms with van der Waals surface area (Å²) in [4.78, 5) is 2.12. The minimum Gasteiger partial charge on any atom is -0.383 e. The van der Waals surface area contributed by atoms with Crippen LogP contribution in [0.3, 0.4) is 0 Å². The molecule has 96 valence electrons. The van der Waals surface area contributed by atoms with Crippen molar-refractivity contribution in [3.63, 3.8) is 0 Å². The third-order valence-electron chi connectivity index (χ3n) is 2.42. The van der Waals surface area contributed by atoms with Crippen molar-refractivity contribution < 1.29 is 9.13 Å². The average Bonchev–Trinajstić information content (AvgIpc) is 2.29. The fourth-order valence-electron chi connectivity index (χ4n) is 1.50. The van der Waals surface area contributed by atoms with Gasteiger partial charge >= 0.3 is 0 Å². The van der Waals surface area contributed by atoms with E-state index in [-0.39, 0.29) is 5.82 Å². The molecule has 0 atom stereocenters. The van der Waals surface area contributed by atoms with E-state index in [1.54, 1.807) is 13.2 Å². The molecule has 2 nitrogen and oxygen atoms in total. The largest absolute Gasteiger partial charge is 0.383 e. The van der Waals surface area contributed by atoms with Crippen LogP contribution in [0.5, 0.6) is 0 Å². The highest BCUT2D eigenvalue weighted by molar-refractivity contribution is 6.31. The highest BCUT2D eigenvalue weighted by Crippen LogP contribution is 2.18. The predicted molar refractivity (Wildman–Crippen MR) is 69.3 cm³/mol. The van der Waals surface area contributed by atoms with E-state index in [2.05, 4.69) is 4.90 Å². The van der Waals surface area contributed by atoms with E-state index >= 15 is 0 Å². The molecule has 5 heteroatoms. The smallest absolute Gasteiger partial charge is 0.124 e. The van der Waals surface area contributed by atoms with Crippen LogP contribution in [0, 0.1) is 5.82 Å². The highest BCUT2D eigenvalue weighted by atomic mass is 35.5. The minimum absolute atomic E-state index is 0.320. The first kappa shape index (κ1) is 14.7. The molecule has 0 aliphatic rings. The molecule has 0 aromatic heterocycles. The maximum absolute atomic E-state index is 12.9. The maximum Gasteiger partial charge on any atom is 0.124 e. The molecule has 0 saturated carbocycles. The second kappa shape index (κ2) is 7.88. The third kappa shape index (κ3) is 5.21. The van der Waals surface area contributed by atoms with Crippen molar-refractivity contribution >= 4 is 23.2 Å². The third-order valence-corrected chi connectivity index (χ3v) is 2.94. The summed E-state index contributed by atoms with van der Waals surface area (Å²) in [6, 6.07) is 4.44. The van der Waals surface area contributed by atoms with Gasteiger partial charge in [-0.05, 0) is 17.7 Å². The molecule has 0 aliphatic carbocycles. The van der Waals surface area contributed by atoms with Gasteiger partial charge in [-0.25, -0.2) is 4.39 Å². The lowest BCUT2D eigenvalue weighted by Crippen LogP contribution is -2.29. The van der Waals surface area contributed by atoms with Gasteiger partial charge in [0.2, 0.25) is 0 Å². The molecule has 1 aromatic rings. The summed E-state index contributed by atoms with van der Waals surface area (Å²) in [6.45, 7) is 2.81. The lowest BCUT2D eigenvalue weighted by Gasteiger charge is -2.21. The van der Waals surface area contributed by atoms with Gasteiger partial charge in [0.1, 0.15) is 5.82 Å². The van der Waals surface area contributed by atoms with Crippen molar-refractivity contribution in [2.45, 2.75) is 6.54 Å². The number of hydrogen-bond acceptors (Lipinski definition) is 2. The number of hydrogen-bond donors (Lipinski definition) is 0. The molecule has 0 fully saturated rings. The quantitative estimate of drug-likeness (QED) is 0.711. The summed E-state index contributed by atoms with van der Waals surface area (Å²) in [5.41, 5.74) is 0.897. The first-order chi connectivity index (χ1) is 8.17. The molecule has 1 aromatic carbocycles. The molecule has 0 amide bonds. The normalized spacial score (nSPS) is 11.1. The van der Waals surface area contributed by atoms with Crippen LogP contribution in [-0.2, 0) is 11.3 Å². The zero-order chi connectivity index (χ0) is 12.7. The molecule has 17 heavy (non-hydrogen) atoms. The van der Waals surface area contributed by atoms with Crippen molar-refractivity contribution in [2.75, 3.05) is 32.7 Å². The first-order valence-electron chi connectivity index (χ1n) is 5.38. The monoisotopic (exact) mass is 279 g/mol. The lowest BCUT2D eigenvalue weighted by molar-refractivity contribution is 0.148. The Morgan fingerprint density at radius 3 is 2.71 bits per heavy atom. The summed E-state index contributed by atoms with van der Waals surface area (Å²) in [5, 5.41) is 0.446. The Labute approximate surface area is 111 Å². The van der Waals surface area contributed by atoms with Gasteiger partial charge < -0.3 is 4.74 Å². The van der Waals surface area contributed by atoms with Crippen molar-refractivity contribution in [1.29, 1.82) is 0 Å². The van der Waals surface area contributed by atoms with Gasteiger partial charge in [-0.2, -0.15) is 0 Å². The highest BCUT2D eigenvalue weighted by Gasteiger charge is 2.08. The lowest BCUT2D eigenvalue weighted by atomic mass is 10.2. The Bertz CT molecular complexity index is 349. The topological polar surface area (TPSA) is 12.5 Å². The van der Waals surface area contributed by atoms with Crippen molar-refractivity contribution in [2.24, 2.45) is 0 Å². The van der Waals surface area contributed by atoms with Crippen molar-refractivity contribution in [3.8, 4) is 0 Å². The Balaban J connectivity index is 2.64. The van der Waals surface area contributed by atoms with Gasteiger partial charge in [-0.15, -0.1) is 11.6 Å². The number of ether oxygens (including phenoxy) is 1. The minimum atomic E-state index is -0.320. The van der Waals surface area contributed by atoms with Gasteiger partial charge in [0.15, 0.2) is 0 Å². The number of halogens is 3. The molecule has 1 rings (SSSR count). The average molecular weight is 280 g/mol. The summed E-state index contributed by atoms with van der Waals surface area (Å²) < 4.78 is 17.9. The van der Waals surface area contributed by atoms with Crippen LogP contribution in [0.25, 0.3) is 0 Å². The molecule has 0 radical (unpaired) electrons. The number of benzene rings is 1. The van der Waals surface area contributed by atoms with Crippen LogP contribution >= 0.6 is 23.2 Å². The van der Waals surface area contributed by atoms with Crippen LogP contribution in [0.4, 0.5) is 4.39 Å². The van der Waals surface area contributed by atoms with Crippen LogP contribution < -0.4 is 0 Å². The summed E-state index contributed by atoms with van der Waals surface area (Å²) >= 11 is 11.7. The molecular weight excluding hydrogens is 264 g/mol. The Morgan fingerprint density at radius 2 is 2.12 bits per heavy atom. The number of rotatable bonds is 7. The van der Waals surface area contributed by atoms with Crippen molar-refractivity contribution in [1.82, 2.24) is 4.90 Å². The van der Waals surface area contributed by atoms with Gasteiger partial charge in [0, 0.05) is 37.6 Å². The molecule has 0 saturated heterocycles. The van der Waals surface area contributed by atoms with Gasteiger partial charge in [0.05, 0.1) is 6.61 Å². The van der Waals surface area contributed by atoms with Crippen LogP contribution in [0.15, 0.2) is 18.2 Å². The zero-order valence-electron chi connectivity index (χ0n) is 9.76. The van der Waals surface area contributed by atoms with Gasteiger partial charge in [-0.3, -0.25) is 4.90 Å².